The van der Waals surface area contributed by atoms with E-state index < -0.39 is 0 Å². The number of hydrogen-bond donors (Lipinski definition) is 1. The molecule has 0 aliphatic heterocycles. The van der Waals surface area contributed by atoms with Crippen molar-refractivity contribution in [2.24, 2.45) is 0 Å². The van der Waals surface area contributed by atoms with Gasteiger partial charge in [0.05, 0.1) is 5.75 Å². The number of thioether (sulfide) groups is 1. The number of hydrogen-bond acceptors (Lipinski definition) is 4. The van der Waals surface area contributed by atoms with Gasteiger partial charge in [-0.25, -0.2) is 9.97 Å². The molecule has 2 aromatic rings. The fourth-order valence-electron chi connectivity index (χ4n) is 2.19. The van der Waals surface area contributed by atoms with E-state index in [9.17, 15) is 0 Å². The first-order valence-corrected chi connectivity index (χ1v) is 8.32. The maximum atomic E-state index is 6.00. The topological polar surface area (TPSA) is 37.8 Å². The van der Waals surface area contributed by atoms with E-state index in [2.05, 4.69) is 35.2 Å². The normalized spacial score (nSPS) is 10.9. The third-order valence-corrected chi connectivity index (χ3v) is 4.48. The number of rotatable bonds is 6. The minimum atomic E-state index is 0.758. The van der Waals surface area contributed by atoms with Crippen LogP contribution < -0.4 is 5.32 Å². The SMILES string of the molecule is CNCCc1c(C)nc(CSc2cccc(Cl)c2)nc1C. The summed E-state index contributed by atoms with van der Waals surface area (Å²) in [6, 6.07) is 7.86. The molecule has 0 aliphatic rings. The Hall–Kier alpha value is -1.10. The van der Waals surface area contributed by atoms with Gasteiger partial charge in [0, 0.05) is 21.3 Å². The van der Waals surface area contributed by atoms with Gasteiger partial charge in [0.15, 0.2) is 0 Å². The molecule has 0 aliphatic carbocycles. The van der Waals surface area contributed by atoms with Gasteiger partial charge < -0.3 is 5.32 Å². The predicted octanol–water partition coefficient (Wildman–Crippen LogP) is 3.80. The Labute approximate surface area is 135 Å². The first-order valence-electron chi connectivity index (χ1n) is 6.96. The van der Waals surface area contributed by atoms with Gasteiger partial charge >= 0.3 is 0 Å². The summed E-state index contributed by atoms with van der Waals surface area (Å²) in [5.41, 5.74) is 3.42. The molecule has 0 unspecified atom stereocenters. The first kappa shape index (κ1) is 16.3. The van der Waals surface area contributed by atoms with Crippen molar-refractivity contribution in [3.63, 3.8) is 0 Å². The molecule has 3 nitrogen and oxygen atoms in total. The monoisotopic (exact) mass is 321 g/mol. The number of aromatic nitrogens is 2. The Bertz CT molecular complexity index is 593. The average Bonchev–Trinajstić information content (AvgIpc) is 2.44. The zero-order valence-electron chi connectivity index (χ0n) is 12.6. The second-order valence-corrected chi connectivity index (χ2v) is 6.37. The van der Waals surface area contributed by atoms with E-state index in [1.165, 1.54) is 5.56 Å². The van der Waals surface area contributed by atoms with Gasteiger partial charge in [-0.15, -0.1) is 11.8 Å². The van der Waals surface area contributed by atoms with E-state index >= 15 is 0 Å². The lowest BCUT2D eigenvalue weighted by Crippen LogP contribution is -2.14. The molecule has 0 radical (unpaired) electrons. The van der Waals surface area contributed by atoms with E-state index in [-0.39, 0.29) is 0 Å². The summed E-state index contributed by atoms with van der Waals surface area (Å²) >= 11 is 7.70. The van der Waals surface area contributed by atoms with Crippen LogP contribution in [0.2, 0.25) is 5.02 Å². The second kappa shape index (κ2) is 7.78. The highest BCUT2D eigenvalue weighted by Crippen LogP contribution is 2.24. The lowest BCUT2D eigenvalue weighted by Gasteiger charge is -2.10. The molecule has 1 N–H and O–H groups in total. The fourth-order valence-corrected chi connectivity index (χ4v) is 3.25. The number of halogens is 1. The minimum absolute atomic E-state index is 0.758. The zero-order valence-corrected chi connectivity index (χ0v) is 14.2. The Morgan fingerprint density at radius 3 is 2.52 bits per heavy atom. The maximum absolute atomic E-state index is 6.00. The van der Waals surface area contributed by atoms with Crippen LogP contribution in [-0.2, 0) is 12.2 Å². The molecule has 112 valence electrons. The van der Waals surface area contributed by atoms with Crippen LogP contribution in [0.1, 0.15) is 22.8 Å². The van der Waals surface area contributed by atoms with Crippen LogP contribution in [0.25, 0.3) is 0 Å². The van der Waals surface area contributed by atoms with Gasteiger partial charge in [-0.3, -0.25) is 0 Å². The number of nitrogens with zero attached hydrogens (tertiary/aromatic N) is 2. The van der Waals surface area contributed by atoms with Gasteiger partial charge in [0.2, 0.25) is 0 Å². The summed E-state index contributed by atoms with van der Waals surface area (Å²) in [7, 11) is 1.96. The van der Waals surface area contributed by atoms with Gasteiger partial charge in [0.25, 0.3) is 0 Å². The van der Waals surface area contributed by atoms with Crippen LogP contribution in [0.3, 0.4) is 0 Å². The van der Waals surface area contributed by atoms with Crippen molar-refractivity contribution >= 4 is 23.4 Å². The number of nitrogens with one attached hydrogen (secondary N) is 1. The largest absolute Gasteiger partial charge is 0.319 e. The average molecular weight is 322 g/mol. The first-order chi connectivity index (χ1) is 10.1. The van der Waals surface area contributed by atoms with Crippen LogP contribution in [0.15, 0.2) is 29.2 Å². The molecule has 0 bridgehead atoms. The van der Waals surface area contributed by atoms with E-state index in [1.807, 2.05) is 25.2 Å². The number of aryl methyl sites for hydroxylation is 2. The summed E-state index contributed by atoms with van der Waals surface area (Å²) in [5.74, 6) is 1.64. The Balaban J connectivity index is 2.07. The quantitative estimate of drug-likeness (QED) is 0.821. The van der Waals surface area contributed by atoms with E-state index in [0.717, 1.165) is 45.8 Å². The third-order valence-electron chi connectivity index (χ3n) is 3.26. The van der Waals surface area contributed by atoms with Crippen LogP contribution >= 0.6 is 23.4 Å². The summed E-state index contributed by atoms with van der Waals surface area (Å²) in [6.45, 7) is 5.07. The molecule has 0 saturated carbocycles. The second-order valence-electron chi connectivity index (χ2n) is 4.89. The summed E-state index contributed by atoms with van der Waals surface area (Å²) < 4.78 is 0. The molecular weight excluding hydrogens is 302 g/mol. The Kier molecular flexibility index (Phi) is 6.03. The molecule has 1 heterocycles. The zero-order chi connectivity index (χ0) is 15.2. The standard InChI is InChI=1S/C16H20ClN3S/c1-11-15(7-8-18-3)12(2)20-16(19-11)10-21-14-6-4-5-13(17)9-14/h4-6,9,18H,7-8,10H2,1-3H3. The number of likely N-dealkylation sites (N-methyl/N-ethyl adjacent to an activating group) is 1. The minimum Gasteiger partial charge on any atom is -0.319 e. The number of benzene rings is 1. The van der Waals surface area contributed by atoms with Crippen molar-refractivity contribution < 1.29 is 0 Å². The van der Waals surface area contributed by atoms with E-state index in [0.29, 0.717) is 0 Å². The molecule has 0 saturated heterocycles. The third kappa shape index (κ3) is 4.70. The van der Waals surface area contributed by atoms with Gasteiger partial charge in [-0.1, -0.05) is 17.7 Å². The predicted molar refractivity (Wildman–Crippen MR) is 90.1 cm³/mol. The highest BCUT2D eigenvalue weighted by Gasteiger charge is 2.08. The molecular formula is C16H20ClN3S. The van der Waals surface area contributed by atoms with Crippen LogP contribution in [-0.4, -0.2) is 23.6 Å². The van der Waals surface area contributed by atoms with Gasteiger partial charge in [-0.05, 0) is 57.6 Å². The lowest BCUT2D eigenvalue weighted by molar-refractivity contribution is 0.769. The Morgan fingerprint density at radius 1 is 1.19 bits per heavy atom. The van der Waals surface area contributed by atoms with Crippen molar-refractivity contribution in [1.29, 1.82) is 0 Å². The fraction of sp³-hybridized carbons (Fsp3) is 0.375. The molecule has 0 atom stereocenters. The molecule has 0 spiro atoms. The maximum Gasteiger partial charge on any atom is 0.139 e. The van der Waals surface area contributed by atoms with Gasteiger partial charge in [0.1, 0.15) is 5.82 Å². The molecule has 21 heavy (non-hydrogen) atoms. The van der Waals surface area contributed by atoms with Crippen LogP contribution in [0.4, 0.5) is 0 Å². The summed E-state index contributed by atoms with van der Waals surface area (Å²) in [6.07, 6.45) is 0.968. The molecule has 1 aromatic heterocycles. The Morgan fingerprint density at radius 2 is 1.90 bits per heavy atom. The van der Waals surface area contributed by atoms with Crippen molar-refractivity contribution in [3.05, 3.63) is 52.1 Å². The van der Waals surface area contributed by atoms with Crippen molar-refractivity contribution in [1.82, 2.24) is 15.3 Å². The smallest absolute Gasteiger partial charge is 0.139 e. The lowest BCUT2D eigenvalue weighted by atomic mass is 10.1. The van der Waals surface area contributed by atoms with Crippen molar-refractivity contribution in [2.45, 2.75) is 30.9 Å². The molecule has 2 rings (SSSR count). The molecule has 5 heteroatoms. The van der Waals surface area contributed by atoms with E-state index in [4.69, 9.17) is 11.6 Å². The molecule has 1 aromatic carbocycles. The molecule has 0 amide bonds. The van der Waals surface area contributed by atoms with Crippen LogP contribution in [0, 0.1) is 13.8 Å². The van der Waals surface area contributed by atoms with Gasteiger partial charge in [-0.2, -0.15) is 0 Å². The van der Waals surface area contributed by atoms with Crippen molar-refractivity contribution in [3.8, 4) is 0 Å². The summed E-state index contributed by atoms with van der Waals surface area (Å²) in [4.78, 5) is 10.4. The van der Waals surface area contributed by atoms with E-state index in [1.54, 1.807) is 11.8 Å². The van der Waals surface area contributed by atoms with Crippen LogP contribution in [0.5, 0.6) is 0 Å². The highest BCUT2D eigenvalue weighted by atomic mass is 35.5. The molecule has 0 fully saturated rings. The van der Waals surface area contributed by atoms with Crippen molar-refractivity contribution in [2.75, 3.05) is 13.6 Å². The summed E-state index contributed by atoms with van der Waals surface area (Å²) in [5, 5.41) is 3.92. The highest BCUT2D eigenvalue weighted by molar-refractivity contribution is 7.98.